The van der Waals surface area contributed by atoms with E-state index in [1.807, 2.05) is 18.2 Å². The number of methoxy groups -OCH3 is 1. The lowest BCUT2D eigenvalue weighted by Gasteiger charge is -2.12. The number of fused-ring (bicyclic) bond motifs is 1. The summed E-state index contributed by atoms with van der Waals surface area (Å²) < 4.78 is 4.66. The van der Waals surface area contributed by atoms with Crippen LogP contribution in [0.5, 0.6) is 0 Å². The Hall–Kier alpha value is -1.87. The Morgan fingerprint density at radius 2 is 1.89 bits per heavy atom. The molecule has 1 atom stereocenters. The van der Waals surface area contributed by atoms with E-state index >= 15 is 0 Å². The largest absolute Gasteiger partial charge is 0.468 e. The van der Waals surface area contributed by atoms with E-state index in [4.69, 9.17) is 5.73 Å². The maximum absolute atomic E-state index is 11.4. The zero-order valence-electron chi connectivity index (χ0n) is 10.6. The lowest BCUT2D eigenvalue weighted by atomic mass is 9.96. The van der Waals surface area contributed by atoms with Gasteiger partial charge in [0.2, 0.25) is 0 Å². The molecule has 3 nitrogen and oxygen atoms in total. The highest BCUT2D eigenvalue weighted by molar-refractivity contribution is 5.89. The average molecular weight is 243 g/mol. The molecule has 0 spiro atoms. The topological polar surface area (TPSA) is 52.3 Å². The monoisotopic (exact) mass is 243 g/mol. The normalized spacial score (nSPS) is 12.4. The third-order valence-corrected chi connectivity index (χ3v) is 3.18. The highest BCUT2D eigenvalue weighted by Gasteiger charge is 2.15. The van der Waals surface area contributed by atoms with Gasteiger partial charge in [0.05, 0.1) is 7.11 Å². The summed E-state index contributed by atoms with van der Waals surface area (Å²) in [4.78, 5) is 11.4. The van der Waals surface area contributed by atoms with Crippen molar-refractivity contribution in [2.24, 2.45) is 5.73 Å². The number of esters is 1. The van der Waals surface area contributed by atoms with Crippen LogP contribution in [0.1, 0.15) is 11.1 Å². The first kappa shape index (κ1) is 12.6. The molecule has 2 N–H and O–H groups in total. The number of ether oxygens (including phenoxy) is 1. The summed E-state index contributed by atoms with van der Waals surface area (Å²) >= 11 is 0. The van der Waals surface area contributed by atoms with Gasteiger partial charge in [-0.15, -0.1) is 0 Å². The molecule has 0 unspecified atom stereocenters. The highest BCUT2D eigenvalue weighted by Crippen LogP contribution is 2.23. The van der Waals surface area contributed by atoms with Crippen LogP contribution in [0, 0.1) is 6.92 Å². The van der Waals surface area contributed by atoms with Crippen molar-refractivity contribution in [3.05, 3.63) is 47.5 Å². The van der Waals surface area contributed by atoms with Crippen molar-refractivity contribution in [2.75, 3.05) is 7.11 Å². The smallest absolute Gasteiger partial charge is 0.322 e. The van der Waals surface area contributed by atoms with Crippen molar-refractivity contribution in [1.82, 2.24) is 0 Å². The summed E-state index contributed by atoms with van der Waals surface area (Å²) in [5.74, 6) is -0.375. The molecule has 0 amide bonds. The van der Waals surface area contributed by atoms with Gasteiger partial charge in [0.1, 0.15) is 6.04 Å². The molecule has 0 saturated carbocycles. The molecule has 94 valence electrons. The zero-order chi connectivity index (χ0) is 13.1. The third kappa shape index (κ3) is 2.36. The average Bonchev–Trinajstić information content (AvgIpc) is 2.41. The second-order valence-corrected chi connectivity index (χ2v) is 4.42. The van der Waals surface area contributed by atoms with Crippen molar-refractivity contribution in [2.45, 2.75) is 19.4 Å². The van der Waals surface area contributed by atoms with Crippen LogP contribution in [0.3, 0.4) is 0 Å². The molecular weight excluding hydrogens is 226 g/mol. The summed E-state index contributed by atoms with van der Waals surface area (Å²) in [5, 5.41) is 2.35. The van der Waals surface area contributed by atoms with Gasteiger partial charge in [-0.3, -0.25) is 4.79 Å². The van der Waals surface area contributed by atoms with Gasteiger partial charge in [-0.2, -0.15) is 0 Å². The molecule has 2 aromatic carbocycles. The van der Waals surface area contributed by atoms with Gasteiger partial charge in [0.15, 0.2) is 0 Å². The van der Waals surface area contributed by atoms with E-state index < -0.39 is 6.04 Å². The maximum atomic E-state index is 11.4. The molecule has 0 aliphatic carbocycles. The van der Waals surface area contributed by atoms with Gasteiger partial charge in [-0.1, -0.05) is 36.4 Å². The van der Waals surface area contributed by atoms with Crippen LogP contribution in [0.25, 0.3) is 10.8 Å². The minimum absolute atomic E-state index is 0.375. The van der Waals surface area contributed by atoms with Crippen LogP contribution in [0.15, 0.2) is 36.4 Å². The number of carbonyl (C=O) groups excluding carboxylic acids is 1. The molecule has 0 aliphatic rings. The maximum Gasteiger partial charge on any atom is 0.322 e. The van der Waals surface area contributed by atoms with Crippen molar-refractivity contribution >= 4 is 16.7 Å². The van der Waals surface area contributed by atoms with Gasteiger partial charge in [-0.25, -0.2) is 0 Å². The summed E-state index contributed by atoms with van der Waals surface area (Å²) in [6.07, 6.45) is 0.494. The molecule has 0 fully saturated rings. The molecular formula is C15H17NO2. The van der Waals surface area contributed by atoms with E-state index in [0.717, 1.165) is 10.9 Å². The predicted octanol–water partition coefficient (Wildman–Crippen LogP) is 2.19. The van der Waals surface area contributed by atoms with Crippen molar-refractivity contribution < 1.29 is 9.53 Å². The van der Waals surface area contributed by atoms with E-state index in [-0.39, 0.29) is 5.97 Å². The van der Waals surface area contributed by atoms with Crippen LogP contribution in [0.2, 0.25) is 0 Å². The third-order valence-electron chi connectivity index (χ3n) is 3.18. The number of hydrogen-bond donors (Lipinski definition) is 1. The van der Waals surface area contributed by atoms with Gasteiger partial charge in [-0.05, 0) is 35.2 Å². The zero-order valence-corrected chi connectivity index (χ0v) is 10.6. The minimum atomic E-state index is -0.610. The lowest BCUT2D eigenvalue weighted by molar-refractivity contribution is -0.142. The van der Waals surface area contributed by atoms with E-state index in [0.29, 0.717) is 6.42 Å². The summed E-state index contributed by atoms with van der Waals surface area (Å²) in [6.45, 7) is 2.08. The molecule has 18 heavy (non-hydrogen) atoms. The van der Waals surface area contributed by atoms with Crippen LogP contribution in [-0.4, -0.2) is 19.1 Å². The summed E-state index contributed by atoms with van der Waals surface area (Å²) in [6, 6.07) is 11.6. The molecule has 2 aromatic rings. The molecule has 0 aromatic heterocycles. The van der Waals surface area contributed by atoms with Gasteiger partial charge in [0.25, 0.3) is 0 Å². The molecule has 0 saturated heterocycles. The fourth-order valence-corrected chi connectivity index (χ4v) is 2.16. The standard InChI is InChI=1S/C15H17NO2/c1-10-7-8-11(9-14(16)15(17)18-2)13-6-4-3-5-12(10)13/h3-8,14H,9,16H2,1-2H3/t14-/m1/s1. The number of rotatable bonds is 3. The van der Waals surface area contributed by atoms with Crippen molar-refractivity contribution in [3.8, 4) is 0 Å². The number of carbonyl (C=O) groups is 1. The van der Waals surface area contributed by atoms with Crippen LogP contribution < -0.4 is 5.73 Å². The first-order valence-corrected chi connectivity index (χ1v) is 5.94. The Kier molecular flexibility index (Phi) is 3.63. The quantitative estimate of drug-likeness (QED) is 0.841. The Bertz CT molecular complexity index is 578. The molecule has 0 aliphatic heterocycles. The molecule has 2 rings (SSSR count). The fourth-order valence-electron chi connectivity index (χ4n) is 2.16. The van der Waals surface area contributed by atoms with Crippen molar-refractivity contribution in [1.29, 1.82) is 0 Å². The first-order chi connectivity index (χ1) is 8.63. The Morgan fingerprint density at radius 1 is 1.22 bits per heavy atom. The number of hydrogen-bond acceptors (Lipinski definition) is 3. The van der Waals surface area contributed by atoms with Gasteiger partial charge in [0, 0.05) is 0 Å². The first-order valence-electron chi connectivity index (χ1n) is 5.94. The molecule has 3 heteroatoms. The number of aryl methyl sites for hydroxylation is 1. The summed E-state index contributed by atoms with van der Waals surface area (Å²) in [7, 11) is 1.36. The molecule has 0 heterocycles. The minimum Gasteiger partial charge on any atom is -0.468 e. The SMILES string of the molecule is COC(=O)[C@H](N)Cc1ccc(C)c2ccccc12. The lowest BCUT2D eigenvalue weighted by Crippen LogP contribution is -2.33. The fraction of sp³-hybridized carbons (Fsp3) is 0.267. The second-order valence-electron chi connectivity index (χ2n) is 4.42. The highest BCUT2D eigenvalue weighted by atomic mass is 16.5. The van der Waals surface area contributed by atoms with E-state index in [2.05, 4.69) is 29.9 Å². The van der Waals surface area contributed by atoms with E-state index in [1.165, 1.54) is 18.1 Å². The number of nitrogens with two attached hydrogens (primary N) is 1. The Labute approximate surface area is 107 Å². The molecule has 0 bridgehead atoms. The number of benzene rings is 2. The second kappa shape index (κ2) is 5.19. The van der Waals surface area contributed by atoms with Gasteiger partial charge < -0.3 is 10.5 Å². The predicted molar refractivity (Wildman–Crippen MR) is 72.4 cm³/mol. The Morgan fingerprint density at radius 3 is 2.56 bits per heavy atom. The van der Waals surface area contributed by atoms with E-state index in [9.17, 15) is 4.79 Å². The molecule has 0 radical (unpaired) electrons. The van der Waals surface area contributed by atoms with Gasteiger partial charge >= 0.3 is 5.97 Å². The Balaban J connectivity index is 2.40. The van der Waals surface area contributed by atoms with Crippen LogP contribution in [0.4, 0.5) is 0 Å². The van der Waals surface area contributed by atoms with Crippen molar-refractivity contribution in [3.63, 3.8) is 0 Å². The van der Waals surface area contributed by atoms with E-state index in [1.54, 1.807) is 0 Å². The van der Waals surface area contributed by atoms with Crippen LogP contribution in [-0.2, 0) is 16.0 Å². The van der Waals surface area contributed by atoms with Crippen LogP contribution >= 0.6 is 0 Å². The summed E-state index contributed by atoms with van der Waals surface area (Å²) in [5.41, 5.74) is 8.12.